The fraction of sp³-hybridized carbons (Fsp3) is 0.600. The Kier molecular flexibility index (Phi) is 6.14. The molecule has 0 spiro atoms. The van der Waals surface area contributed by atoms with Crippen LogP contribution in [0.25, 0.3) is 0 Å². The van der Waals surface area contributed by atoms with Crippen LogP contribution in [0.4, 0.5) is 9.18 Å². The molecule has 2 rings (SSSR count). The molecule has 1 fully saturated rings. The molecule has 0 bridgehead atoms. The fourth-order valence-electron chi connectivity index (χ4n) is 3.28. The maximum atomic E-state index is 13.8. The molecule has 2 amide bonds. The van der Waals surface area contributed by atoms with Crippen LogP contribution in [0.1, 0.15) is 55.6 Å². The molecule has 1 aromatic rings. The summed E-state index contributed by atoms with van der Waals surface area (Å²) in [4.78, 5) is 26.6. The lowest BCUT2D eigenvalue weighted by Crippen LogP contribution is -2.62. The van der Waals surface area contributed by atoms with Gasteiger partial charge < -0.3 is 20.1 Å². The van der Waals surface area contributed by atoms with E-state index in [-0.39, 0.29) is 5.82 Å². The molecule has 0 aromatic heterocycles. The highest BCUT2D eigenvalue weighted by Crippen LogP contribution is 2.22. The number of ether oxygens (including phenoxy) is 1. The zero-order valence-electron chi connectivity index (χ0n) is 16.8. The molecule has 1 aliphatic rings. The number of carbonyl (C=O) groups is 2. The Labute approximate surface area is 159 Å². The number of amides is 2. The second-order valence-corrected chi connectivity index (χ2v) is 8.19. The summed E-state index contributed by atoms with van der Waals surface area (Å²) in [6.07, 6.45) is -0.935. The summed E-state index contributed by atoms with van der Waals surface area (Å²) < 4.78 is 19.2. The number of aliphatic hydroxyl groups is 1. The molecule has 150 valence electrons. The summed E-state index contributed by atoms with van der Waals surface area (Å²) in [7, 11) is 0. The molecule has 2 unspecified atom stereocenters. The van der Waals surface area contributed by atoms with Crippen LogP contribution in [0, 0.1) is 19.7 Å². The van der Waals surface area contributed by atoms with Crippen molar-refractivity contribution in [2.75, 3.05) is 6.54 Å². The third-order valence-corrected chi connectivity index (χ3v) is 4.72. The van der Waals surface area contributed by atoms with E-state index < -0.39 is 35.8 Å². The molecule has 7 heteroatoms. The van der Waals surface area contributed by atoms with Crippen molar-refractivity contribution in [2.45, 2.75) is 71.8 Å². The van der Waals surface area contributed by atoms with E-state index in [0.717, 1.165) is 0 Å². The molecular formula is C20H29FN2O4. The first-order valence-electron chi connectivity index (χ1n) is 9.16. The van der Waals surface area contributed by atoms with Crippen molar-refractivity contribution in [1.82, 2.24) is 10.2 Å². The number of nitrogens with one attached hydrogen (secondary N) is 1. The minimum atomic E-state index is -0.787. The van der Waals surface area contributed by atoms with Crippen LogP contribution in [0.5, 0.6) is 0 Å². The number of piperidine rings is 1. The van der Waals surface area contributed by atoms with Gasteiger partial charge in [0.25, 0.3) is 5.91 Å². The predicted molar refractivity (Wildman–Crippen MR) is 100 cm³/mol. The molecule has 1 aliphatic heterocycles. The van der Waals surface area contributed by atoms with Crippen LogP contribution < -0.4 is 5.32 Å². The first kappa shape index (κ1) is 21.2. The smallest absolute Gasteiger partial charge is 0.410 e. The molecule has 1 heterocycles. The van der Waals surface area contributed by atoms with Gasteiger partial charge in [0, 0.05) is 12.1 Å². The average molecular weight is 380 g/mol. The van der Waals surface area contributed by atoms with Crippen LogP contribution >= 0.6 is 0 Å². The van der Waals surface area contributed by atoms with Crippen molar-refractivity contribution in [3.63, 3.8) is 0 Å². The van der Waals surface area contributed by atoms with Crippen LogP contribution in [0.3, 0.4) is 0 Å². The molecule has 0 radical (unpaired) electrons. The van der Waals surface area contributed by atoms with Crippen molar-refractivity contribution in [3.05, 3.63) is 34.6 Å². The molecule has 2 N–H and O–H groups in total. The van der Waals surface area contributed by atoms with Crippen molar-refractivity contribution in [1.29, 1.82) is 0 Å². The molecule has 27 heavy (non-hydrogen) atoms. The number of hydrogen-bond donors (Lipinski definition) is 2. The van der Waals surface area contributed by atoms with Crippen molar-refractivity contribution in [2.24, 2.45) is 0 Å². The summed E-state index contributed by atoms with van der Waals surface area (Å²) in [5.74, 6) is -0.753. The zero-order chi connectivity index (χ0) is 20.5. The van der Waals surface area contributed by atoms with Gasteiger partial charge in [-0.1, -0.05) is 0 Å². The van der Waals surface area contributed by atoms with Gasteiger partial charge in [0.1, 0.15) is 11.4 Å². The minimum absolute atomic E-state index is 0.320. The monoisotopic (exact) mass is 380 g/mol. The standard InChI is InChI=1S/C20H29FN2O4/c1-11-9-14(10-12(2)16(11)21)18(25)22-17-13(3)23(8-7-15(17)24)19(26)27-20(4,5)6/h9-10,13,15,17,24H,7-8H2,1-6H3,(H,22,25)/t13-,15?,17?/m0/s1. The van der Waals surface area contributed by atoms with Gasteiger partial charge in [0.2, 0.25) is 0 Å². The van der Waals surface area contributed by atoms with Gasteiger partial charge in [-0.3, -0.25) is 4.79 Å². The Morgan fingerprint density at radius 2 is 1.81 bits per heavy atom. The summed E-state index contributed by atoms with van der Waals surface area (Å²) >= 11 is 0. The Morgan fingerprint density at radius 1 is 1.26 bits per heavy atom. The second-order valence-electron chi connectivity index (χ2n) is 8.19. The lowest BCUT2D eigenvalue weighted by Gasteiger charge is -2.42. The minimum Gasteiger partial charge on any atom is -0.444 e. The largest absolute Gasteiger partial charge is 0.444 e. The van der Waals surface area contributed by atoms with E-state index in [0.29, 0.717) is 29.7 Å². The SMILES string of the molecule is Cc1cc(C(=O)NC2C(O)CCN(C(=O)OC(C)(C)C)[C@H]2C)cc(C)c1F. The van der Waals surface area contributed by atoms with Crippen LogP contribution in [0.15, 0.2) is 12.1 Å². The summed E-state index contributed by atoms with van der Waals surface area (Å²) in [5, 5.41) is 13.2. The molecule has 0 saturated carbocycles. The molecule has 6 nitrogen and oxygen atoms in total. The number of rotatable bonds is 2. The van der Waals surface area contributed by atoms with Gasteiger partial charge in [-0.05, 0) is 71.2 Å². The first-order valence-corrected chi connectivity index (χ1v) is 9.16. The predicted octanol–water partition coefficient (Wildman–Crippen LogP) is 2.93. The molecular weight excluding hydrogens is 351 g/mol. The number of nitrogens with zero attached hydrogens (tertiary/aromatic N) is 1. The highest BCUT2D eigenvalue weighted by atomic mass is 19.1. The van der Waals surface area contributed by atoms with E-state index in [9.17, 15) is 19.1 Å². The Hall–Kier alpha value is -2.15. The number of hydrogen-bond acceptors (Lipinski definition) is 4. The number of aryl methyl sites for hydroxylation is 2. The van der Waals surface area contributed by atoms with Crippen LogP contribution in [-0.4, -0.2) is 52.3 Å². The number of benzene rings is 1. The number of likely N-dealkylation sites (tertiary alicyclic amines) is 1. The van der Waals surface area contributed by atoms with Crippen LogP contribution in [0.2, 0.25) is 0 Å². The van der Waals surface area contributed by atoms with E-state index >= 15 is 0 Å². The second kappa shape index (κ2) is 7.84. The Morgan fingerprint density at radius 3 is 2.33 bits per heavy atom. The lowest BCUT2D eigenvalue weighted by molar-refractivity contribution is -0.0181. The van der Waals surface area contributed by atoms with E-state index in [1.165, 1.54) is 17.0 Å². The van der Waals surface area contributed by atoms with Gasteiger partial charge in [0.15, 0.2) is 0 Å². The third-order valence-electron chi connectivity index (χ3n) is 4.72. The first-order chi connectivity index (χ1) is 12.4. The van der Waals surface area contributed by atoms with Crippen LogP contribution in [-0.2, 0) is 4.74 Å². The summed E-state index contributed by atoms with van der Waals surface area (Å²) in [6, 6.07) is 1.85. The third kappa shape index (κ3) is 4.97. The van der Waals surface area contributed by atoms with E-state index in [4.69, 9.17) is 4.74 Å². The van der Waals surface area contributed by atoms with Gasteiger partial charge in [-0.15, -0.1) is 0 Å². The summed E-state index contributed by atoms with van der Waals surface area (Å²) in [5.41, 5.74) is 0.454. The quantitative estimate of drug-likeness (QED) is 0.827. The Bertz CT molecular complexity index is 706. The average Bonchev–Trinajstić information content (AvgIpc) is 2.54. The molecule has 3 atom stereocenters. The highest BCUT2D eigenvalue weighted by molar-refractivity contribution is 5.95. The molecule has 1 aromatic carbocycles. The van der Waals surface area contributed by atoms with E-state index in [1.807, 2.05) is 0 Å². The molecule has 0 aliphatic carbocycles. The van der Waals surface area contributed by atoms with E-state index in [2.05, 4.69) is 5.32 Å². The van der Waals surface area contributed by atoms with Gasteiger partial charge in [0.05, 0.1) is 18.2 Å². The number of halogens is 1. The lowest BCUT2D eigenvalue weighted by atomic mass is 9.94. The Balaban J connectivity index is 2.16. The zero-order valence-corrected chi connectivity index (χ0v) is 16.8. The van der Waals surface area contributed by atoms with Gasteiger partial charge in [-0.25, -0.2) is 9.18 Å². The summed E-state index contributed by atoms with van der Waals surface area (Å²) in [6.45, 7) is 10.7. The van der Waals surface area contributed by atoms with Gasteiger partial charge >= 0.3 is 6.09 Å². The maximum absolute atomic E-state index is 13.8. The fourth-order valence-corrected chi connectivity index (χ4v) is 3.28. The van der Waals surface area contributed by atoms with Gasteiger partial charge in [-0.2, -0.15) is 0 Å². The van der Waals surface area contributed by atoms with Crippen molar-refractivity contribution < 1.29 is 23.8 Å². The topological polar surface area (TPSA) is 78.9 Å². The normalized spacial score (nSPS) is 23.1. The highest BCUT2D eigenvalue weighted by Gasteiger charge is 2.39. The number of aliphatic hydroxyl groups excluding tert-OH is 1. The van der Waals surface area contributed by atoms with Crippen molar-refractivity contribution in [3.8, 4) is 0 Å². The van der Waals surface area contributed by atoms with E-state index in [1.54, 1.807) is 41.5 Å². The maximum Gasteiger partial charge on any atom is 0.410 e. The molecule has 1 saturated heterocycles. The van der Waals surface area contributed by atoms with Crippen molar-refractivity contribution >= 4 is 12.0 Å². The number of carbonyl (C=O) groups excluding carboxylic acids is 2.